The molecule has 0 radical (unpaired) electrons. The number of hydrogen-bond donors (Lipinski definition) is 1. The monoisotopic (exact) mass is 281 g/mol. The Bertz CT molecular complexity index is 402. The summed E-state index contributed by atoms with van der Waals surface area (Å²) >= 11 is 5.95. The van der Waals surface area contributed by atoms with Gasteiger partial charge in [-0.05, 0) is 43.0 Å². The Hall–Kier alpha value is -0.570. The molecule has 0 aromatic heterocycles. The van der Waals surface area contributed by atoms with E-state index in [1.54, 1.807) is 0 Å². The number of halogens is 1. The molecule has 0 aliphatic carbocycles. The summed E-state index contributed by atoms with van der Waals surface area (Å²) in [6, 6.07) is 8.17. The van der Waals surface area contributed by atoms with E-state index in [2.05, 4.69) is 30.9 Å². The molecule has 1 N–H and O–H groups in total. The van der Waals surface area contributed by atoms with Gasteiger partial charge < -0.3 is 10.0 Å². The summed E-state index contributed by atoms with van der Waals surface area (Å²) in [5, 5.41) is 10.1. The summed E-state index contributed by atoms with van der Waals surface area (Å²) in [4.78, 5) is 2.49. The first-order valence-electron chi connectivity index (χ1n) is 7.10. The second-order valence-corrected chi connectivity index (χ2v) is 6.75. The summed E-state index contributed by atoms with van der Waals surface area (Å²) in [5.41, 5.74) is 1.44. The molecule has 1 atom stereocenters. The van der Waals surface area contributed by atoms with Crippen molar-refractivity contribution in [3.63, 3.8) is 0 Å². The predicted octanol–water partition coefficient (Wildman–Crippen LogP) is 3.32. The minimum absolute atomic E-state index is 0.113. The van der Waals surface area contributed by atoms with Gasteiger partial charge in [0.25, 0.3) is 0 Å². The van der Waals surface area contributed by atoms with Crippen LogP contribution in [-0.4, -0.2) is 36.2 Å². The van der Waals surface area contributed by atoms with E-state index >= 15 is 0 Å². The molecule has 1 heterocycles. The van der Waals surface area contributed by atoms with Crippen LogP contribution in [0.25, 0.3) is 0 Å². The highest BCUT2D eigenvalue weighted by Gasteiger charge is 2.27. The normalized spacial score (nSPS) is 21.6. The predicted molar refractivity (Wildman–Crippen MR) is 80.7 cm³/mol. The third-order valence-electron chi connectivity index (χ3n) is 4.11. The average Bonchev–Trinajstić information content (AvgIpc) is 2.39. The molecular formula is C16H24ClNO. The minimum atomic E-state index is 0.113. The molecule has 0 spiro atoms. The van der Waals surface area contributed by atoms with Crippen LogP contribution >= 0.6 is 11.6 Å². The Morgan fingerprint density at radius 1 is 1.32 bits per heavy atom. The summed E-state index contributed by atoms with van der Waals surface area (Å²) in [5.74, 6) is 0.453. The maximum Gasteiger partial charge on any atom is 0.0471 e. The van der Waals surface area contributed by atoms with Gasteiger partial charge in [0.2, 0.25) is 0 Å². The lowest BCUT2D eigenvalue weighted by molar-refractivity contribution is 0.105. The van der Waals surface area contributed by atoms with E-state index in [9.17, 15) is 5.11 Å². The number of nitrogens with zero attached hydrogens (tertiary/aromatic N) is 1. The first-order valence-corrected chi connectivity index (χ1v) is 7.48. The maximum absolute atomic E-state index is 9.31. The van der Waals surface area contributed by atoms with Crippen LogP contribution in [0.4, 0.5) is 0 Å². The molecule has 0 amide bonds. The van der Waals surface area contributed by atoms with Crippen LogP contribution in [0.3, 0.4) is 0 Å². The summed E-state index contributed by atoms with van der Waals surface area (Å²) in [6.07, 6.45) is 2.36. The van der Waals surface area contributed by atoms with Gasteiger partial charge in [0.05, 0.1) is 0 Å². The zero-order valence-corrected chi connectivity index (χ0v) is 12.7. The van der Waals surface area contributed by atoms with Crippen LogP contribution in [0.1, 0.15) is 32.3 Å². The van der Waals surface area contributed by atoms with Gasteiger partial charge in [-0.15, -0.1) is 0 Å². The minimum Gasteiger partial charge on any atom is -0.396 e. The fraction of sp³-hybridized carbons (Fsp3) is 0.625. The van der Waals surface area contributed by atoms with Gasteiger partial charge in [0, 0.05) is 30.1 Å². The van der Waals surface area contributed by atoms with Crippen LogP contribution in [-0.2, 0) is 5.41 Å². The lowest BCUT2D eigenvalue weighted by Crippen LogP contribution is -2.43. The standard InChI is InChI=1S/C16H24ClNO/c1-16(2,14-5-7-15(17)8-6-14)12-18-9-3-4-13(10-18)11-19/h5-8,13,19H,3-4,9-12H2,1-2H3/t13-/m1/s1. The highest BCUT2D eigenvalue weighted by atomic mass is 35.5. The molecule has 1 aromatic carbocycles. The molecule has 1 aromatic rings. The van der Waals surface area contributed by atoms with Gasteiger partial charge in [-0.3, -0.25) is 0 Å². The maximum atomic E-state index is 9.31. The number of aliphatic hydroxyl groups is 1. The van der Waals surface area contributed by atoms with Crippen molar-refractivity contribution in [2.24, 2.45) is 5.92 Å². The van der Waals surface area contributed by atoms with E-state index in [1.165, 1.54) is 12.0 Å². The van der Waals surface area contributed by atoms with E-state index in [0.717, 1.165) is 31.1 Å². The molecule has 1 saturated heterocycles. The number of hydrogen-bond acceptors (Lipinski definition) is 2. The fourth-order valence-corrected chi connectivity index (χ4v) is 3.12. The quantitative estimate of drug-likeness (QED) is 0.915. The van der Waals surface area contributed by atoms with Crippen molar-refractivity contribution >= 4 is 11.6 Å². The summed E-state index contributed by atoms with van der Waals surface area (Å²) in [7, 11) is 0. The van der Waals surface area contributed by atoms with Gasteiger partial charge in [0.1, 0.15) is 0 Å². The van der Waals surface area contributed by atoms with Crippen LogP contribution in [0.15, 0.2) is 24.3 Å². The third-order valence-corrected chi connectivity index (χ3v) is 4.36. The molecule has 0 unspecified atom stereocenters. The third kappa shape index (κ3) is 3.95. The second-order valence-electron chi connectivity index (χ2n) is 6.32. The molecule has 2 rings (SSSR count). The Labute approximate surface area is 121 Å². The first kappa shape index (κ1) is 14.8. The lowest BCUT2D eigenvalue weighted by Gasteiger charge is -2.38. The Morgan fingerprint density at radius 3 is 2.63 bits per heavy atom. The van der Waals surface area contributed by atoms with Crippen molar-refractivity contribution < 1.29 is 5.11 Å². The van der Waals surface area contributed by atoms with Crippen molar-refractivity contribution in [2.45, 2.75) is 32.1 Å². The molecular weight excluding hydrogens is 258 g/mol. The van der Waals surface area contributed by atoms with Crippen molar-refractivity contribution in [1.29, 1.82) is 0 Å². The largest absolute Gasteiger partial charge is 0.396 e. The van der Waals surface area contributed by atoms with Crippen molar-refractivity contribution in [3.05, 3.63) is 34.9 Å². The molecule has 1 aliphatic heterocycles. The summed E-state index contributed by atoms with van der Waals surface area (Å²) in [6.45, 7) is 8.07. The number of rotatable bonds is 4. The Morgan fingerprint density at radius 2 is 2.00 bits per heavy atom. The Kier molecular flexibility index (Phi) is 4.88. The molecule has 1 aliphatic rings. The fourth-order valence-electron chi connectivity index (χ4n) is 3.00. The van der Waals surface area contributed by atoms with Crippen LogP contribution < -0.4 is 0 Å². The number of likely N-dealkylation sites (tertiary alicyclic amines) is 1. The second kappa shape index (κ2) is 6.25. The number of piperidine rings is 1. The van der Waals surface area contributed by atoms with E-state index in [0.29, 0.717) is 12.5 Å². The lowest BCUT2D eigenvalue weighted by atomic mass is 9.83. The van der Waals surface area contributed by atoms with Crippen molar-refractivity contribution in [1.82, 2.24) is 4.90 Å². The molecule has 0 saturated carbocycles. The van der Waals surface area contributed by atoms with Crippen molar-refractivity contribution in [3.8, 4) is 0 Å². The zero-order chi connectivity index (χ0) is 13.9. The molecule has 19 heavy (non-hydrogen) atoms. The highest BCUT2D eigenvalue weighted by molar-refractivity contribution is 6.30. The highest BCUT2D eigenvalue weighted by Crippen LogP contribution is 2.27. The van der Waals surface area contributed by atoms with E-state index in [-0.39, 0.29) is 5.41 Å². The topological polar surface area (TPSA) is 23.5 Å². The number of benzene rings is 1. The van der Waals surface area contributed by atoms with Gasteiger partial charge in [-0.25, -0.2) is 0 Å². The van der Waals surface area contributed by atoms with Crippen molar-refractivity contribution in [2.75, 3.05) is 26.2 Å². The molecule has 0 bridgehead atoms. The van der Waals surface area contributed by atoms with E-state index < -0.39 is 0 Å². The molecule has 2 nitrogen and oxygen atoms in total. The molecule has 1 fully saturated rings. The van der Waals surface area contributed by atoms with Crippen LogP contribution in [0.2, 0.25) is 5.02 Å². The Balaban J connectivity index is 2.02. The molecule has 106 valence electrons. The van der Waals surface area contributed by atoms with Gasteiger partial charge >= 0.3 is 0 Å². The zero-order valence-electron chi connectivity index (χ0n) is 11.9. The van der Waals surface area contributed by atoms with Gasteiger partial charge in [-0.2, -0.15) is 0 Å². The molecule has 3 heteroatoms. The smallest absolute Gasteiger partial charge is 0.0471 e. The first-order chi connectivity index (χ1) is 9.01. The van der Waals surface area contributed by atoms with Gasteiger partial charge in [-0.1, -0.05) is 37.6 Å². The van der Waals surface area contributed by atoms with Crippen LogP contribution in [0, 0.1) is 5.92 Å². The number of aliphatic hydroxyl groups excluding tert-OH is 1. The van der Waals surface area contributed by atoms with E-state index in [1.807, 2.05) is 12.1 Å². The van der Waals surface area contributed by atoms with Crippen LogP contribution in [0.5, 0.6) is 0 Å². The van der Waals surface area contributed by atoms with E-state index in [4.69, 9.17) is 11.6 Å². The van der Waals surface area contributed by atoms with Gasteiger partial charge in [0.15, 0.2) is 0 Å². The SMILES string of the molecule is CC(C)(CN1CCC[C@@H](CO)C1)c1ccc(Cl)cc1. The summed E-state index contributed by atoms with van der Waals surface area (Å²) < 4.78 is 0. The average molecular weight is 282 g/mol.